The Balaban J connectivity index is 2.33. The van der Waals surface area contributed by atoms with Crippen molar-refractivity contribution in [2.75, 3.05) is 37.6 Å². The van der Waals surface area contributed by atoms with Crippen LogP contribution in [0.2, 0.25) is 0 Å². The average Bonchev–Trinajstić information content (AvgIpc) is 2.67. The third kappa shape index (κ3) is 5.69. The summed E-state index contributed by atoms with van der Waals surface area (Å²) in [5.74, 6) is 0.939. The van der Waals surface area contributed by atoms with E-state index < -0.39 is 9.84 Å². The minimum atomic E-state index is -2.88. The molecule has 6 nitrogen and oxygen atoms in total. The molecular formula is C10H19N3O3S. The number of anilines is 1. The summed E-state index contributed by atoms with van der Waals surface area (Å²) < 4.78 is 28.8. The van der Waals surface area contributed by atoms with E-state index in [1.54, 1.807) is 13.3 Å². The Bertz CT molecular complexity index is 428. The molecule has 0 atom stereocenters. The molecule has 0 aliphatic heterocycles. The Morgan fingerprint density at radius 3 is 2.94 bits per heavy atom. The van der Waals surface area contributed by atoms with Crippen LogP contribution in [0.1, 0.15) is 6.42 Å². The lowest BCUT2D eigenvalue weighted by molar-refractivity contribution is 0.187. The highest BCUT2D eigenvalue weighted by atomic mass is 32.2. The molecule has 0 bridgehead atoms. The van der Waals surface area contributed by atoms with E-state index in [4.69, 9.17) is 4.74 Å². The molecule has 0 saturated heterocycles. The molecule has 1 rings (SSSR count). The molecule has 0 aliphatic rings. The topological polar surface area (TPSA) is 73.2 Å². The van der Waals surface area contributed by atoms with Gasteiger partial charge in [-0.2, -0.15) is 0 Å². The maximum atomic E-state index is 10.9. The zero-order valence-electron chi connectivity index (χ0n) is 10.2. The van der Waals surface area contributed by atoms with E-state index in [1.807, 2.05) is 10.8 Å². The van der Waals surface area contributed by atoms with Crippen LogP contribution in [-0.2, 0) is 21.1 Å². The smallest absolute Gasteiger partial charge is 0.202 e. The van der Waals surface area contributed by atoms with Crippen LogP contribution in [-0.4, -0.2) is 50.2 Å². The third-order valence-electron chi connectivity index (χ3n) is 2.23. The van der Waals surface area contributed by atoms with Gasteiger partial charge in [-0.25, -0.2) is 13.4 Å². The Labute approximate surface area is 102 Å². The maximum Gasteiger partial charge on any atom is 0.202 e. The lowest BCUT2D eigenvalue weighted by Crippen LogP contribution is -2.13. The van der Waals surface area contributed by atoms with Crippen molar-refractivity contribution in [3.05, 3.63) is 12.4 Å². The molecule has 98 valence electrons. The Morgan fingerprint density at radius 2 is 2.29 bits per heavy atom. The number of imidazole rings is 1. The first kappa shape index (κ1) is 14.0. The van der Waals surface area contributed by atoms with Gasteiger partial charge < -0.3 is 14.6 Å². The number of sulfone groups is 1. The van der Waals surface area contributed by atoms with E-state index >= 15 is 0 Å². The number of aromatic nitrogens is 2. The standard InChI is InChI=1S/C10H19N3O3S/c1-16-8-7-13-6-5-12-10(13)11-4-3-9-17(2,14)15/h5-6H,3-4,7-9H2,1-2H3,(H,11,12). The normalized spacial score (nSPS) is 11.6. The number of rotatable bonds is 8. The number of hydrogen-bond donors (Lipinski definition) is 1. The molecule has 1 N–H and O–H groups in total. The Kier molecular flexibility index (Phi) is 5.43. The summed E-state index contributed by atoms with van der Waals surface area (Å²) in [7, 11) is -1.23. The van der Waals surface area contributed by atoms with Crippen LogP contribution in [0.25, 0.3) is 0 Å². The number of hydrogen-bond acceptors (Lipinski definition) is 5. The van der Waals surface area contributed by atoms with Crippen LogP contribution in [0.4, 0.5) is 5.95 Å². The zero-order chi connectivity index (χ0) is 12.7. The van der Waals surface area contributed by atoms with Crippen LogP contribution in [0.15, 0.2) is 12.4 Å². The molecule has 17 heavy (non-hydrogen) atoms. The molecular weight excluding hydrogens is 242 g/mol. The van der Waals surface area contributed by atoms with E-state index in [1.165, 1.54) is 6.26 Å². The van der Waals surface area contributed by atoms with Crippen molar-refractivity contribution in [2.24, 2.45) is 0 Å². The summed E-state index contributed by atoms with van der Waals surface area (Å²) in [5, 5.41) is 3.11. The van der Waals surface area contributed by atoms with Crippen LogP contribution in [0, 0.1) is 0 Å². The molecule has 0 unspecified atom stereocenters. The largest absolute Gasteiger partial charge is 0.383 e. The predicted octanol–water partition coefficient (Wildman–Crippen LogP) is 0.376. The fourth-order valence-corrected chi connectivity index (χ4v) is 2.05. The van der Waals surface area contributed by atoms with Crippen molar-refractivity contribution in [1.82, 2.24) is 9.55 Å². The minimum Gasteiger partial charge on any atom is -0.383 e. The van der Waals surface area contributed by atoms with Crippen molar-refractivity contribution in [2.45, 2.75) is 13.0 Å². The lowest BCUT2D eigenvalue weighted by Gasteiger charge is -2.08. The number of methoxy groups -OCH3 is 1. The van der Waals surface area contributed by atoms with E-state index in [0.29, 0.717) is 19.6 Å². The van der Waals surface area contributed by atoms with Gasteiger partial charge in [0.15, 0.2) is 0 Å². The van der Waals surface area contributed by atoms with Crippen molar-refractivity contribution in [3.8, 4) is 0 Å². The van der Waals surface area contributed by atoms with Crippen molar-refractivity contribution in [1.29, 1.82) is 0 Å². The van der Waals surface area contributed by atoms with Crippen molar-refractivity contribution in [3.63, 3.8) is 0 Å². The second kappa shape index (κ2) is 6.61. The second-order valence-corrected chi connectivity index (χ2v) is 6.11. The van der Waals surface area contributed by atoms with Gasteiger partial charge in [0.1, 0.15) is 9.84 Å². The Morgan fingerprint density at radius 1 is 1.53 bits per heavy atom. The lowest BCUT2D eigenvalue weighted by atomic mass is 10.5. The molecule has 1 aromatic heterocycles. The SMILES string of the molecule is COCCn1ccnc1NCCCS(C)(=O)=O. The van der Waals surface area contributed by atoms with E-state index in [0.717, 1.165) is 12.5 Å². The van der Waals surface area contributed by atoms with Gasteiger partial charge in [0.25, 0.3) is 0 Å². The molecule has 0 spiro atoms. The summed E-state index contributed by atoms with van der Waals surface area (Å²) in [4.78, 5) is 4.15. The van der Waals surface area contributed by atoms with E-state index in [9.17, 15) is 8.42 Å². The van der Waals surface area contributed by atoms with Crippen LogP contribution in [0.5, 0.6) is 0 Å². The van der Waals surface area contributed by atoms with E-state index in [2.05, 4.69) is 10.3 Å². The summed E-state index contributed by atoms with van der Waals surface area (Å²) in [6, 6.07) is 0. The van der Waals surface area contributed by atoms with Crippen LogP contribution in [0.3, 0.4) is 0 Å². The molecule has 0 aliphatic carbocycles. The predicted molar refractivity (Wildman–Crippen MR) is 66.9 cm³/mol. The molecule has 0 saturated carbocycles. The number of nitrogens with zero attached hydrogens (tertiary/aromatic N) is 2. The first-order valence-corrected chi connectivity index (χ1v) is 7.50. The van der Waals surface area contributed by atoms with Gasteiger partial charge in [-0.05, 0) is 6.42 Å². The molecule has 0 aromatic carbocycles. The average molecular weight is 261 g/mol. The summed E-state index contributed by atoms with van der Waals surface area (Å²) in [5.41, 5.74) is 0. The monoisotopic (exact) mass is 261 g/mol. The highest BCUT2D eigenvalue weighted by Crippen LogP contribution is 2.04. The second-order valence-electron chi connectivity index (χ2n) is 3.85. The maximum absolute atomic E-state index is 10.9. The molecule has 7 heteroatoms. The van der Waals surface area contributed by atoms with Gasteiger partial charge in [0, 0.05) is 38.8 Å². The molecule has 0 amide bonds. The third-order valence-corrected chi connectivity index (χ3v) is 3.26. The first-order valence-electron chi connectivity index (χ1n) is 5.44. The van der Waals surface area contributed by atoms with Crippen molar-refractivity contribution < 1.29 is 13.2 Å². The van der Waals surface area contributed by atoms with Gasteiger partial charge in [0.2, 0.25) is 5.95 Å². The molecule has 1 aromatic rings. The summed E-state index contributed by atoms with van der Waals surface area (Å²) >= 11 is 0. The fraction of sp³-hybridized carbons (Fsp3) is 0.700. The fourth-order valence-electron chi connectivity index (χ4n) is 1.38. The van der Waals surface area contributed by atoms with E-state index in [-0.39, 0.29) is 5.75 Å². The minimum absolute atomic E-state index is 0.193. The van der Waals surface area contributed by atoms with Crippen molar-refractivity contribution >= 4 is 15.8 Å². The first-order chi connectivity index (χ1) is 8.03. The van der Waals surface area contributed by atoms with Gasteiger partial charge in [-0.1, -0.05) is 0 Å². The highest BCUT2D eigenvalue weighted by Gasteiger charge is 2.04. The van der Waals surface area contributed by atoms with Gasteiger partial charge >= 0.3 is 0 Å². The van der Waals surface area contributed by atoms with Gasteiger partial charge in [0.05, 0.1) is 12.4 Å². The van der Waals surface area contributed by atoms with Gasteiger partial charge in [-0.3, -0.25) is 0 Å². The molecule has 0 fully saturated rings. The molecule has 1 heterocycles. The van der Waals surface area contributed by atoms with Crippen LogP contribution < -0.4 is 5.32 Å². The number of nitrogens with one attached hydrogen (secondary N) is 1. The summed E-state index contributed by atoms with van der Waals surface area (Å²) in [6.45, 7) is 1.94. The summed E-state index contributed by atoms with van der Waals surface area (Å²) in [6.07, 6.45) is 5.38. The highest BCUT2D eigenvalue weighted by molar-refractivity contribution is 7.90. The Hall–Kier alpha value is -1.08. The quantitative estimate of drug-likeness (QED) is 0.685. The van der Waals surface area contributed by atoms with Gasteiger partial charge in [-0.15, -0.1) is 0 Å². The number of ether oxygens (including phenoxy) is 1. The van der Waals surface area contributed by atoms with Crippen LogP contribution >= 0.6 is 0 Å². The molecule has 0 radical (unpaired) electrons. The zero-order valence-corrected chi connectivity index (χ0v) is 11.0.